The van der Waals surface area contributed by atoms with E-state index in [2.05, 4.69) is 5.32 Å². The van der Waals surface area contributed by atoms with Gasteiger partial charge in [0, 0.05) is 6.54 Å². The standard InChI is InChI=1S/C14H15NO5/c16-13(9-6-10(9)14(17)18)15-4-3-8-1-2-11-12(5-8)20-7-19-11/h1-2,5,9-10H,3-4,6-7H2,(H,15,16)(H,17,18)/t9-,10-/m0/s1. The van der Waals surface area contributed by atoms with Crippen LogP contribution in [0, 0.1) is 11.8 Å². The largest absolute Gasteiger partial charge is 0.481 e. The molecule has 1 aromatic rings. The number of amides is 1. The predicted octanol–water partition coefficient (Wildman–Crippen LogP) is 0.795. The molecule has 1 aliphatic carbocycles. The van der Waals surface area contributed by atoms with Crippen molar-refractivity contribution in [2.24, 2.45) is 11.8 Å². The number of carboxylic acids is 1. The Bertz CT molecular complexity index is 556. The van der Waals surface area contributed by atoms with Gasteiger partial charge in [0.1, 0.15) is 0 Å². The van der Waals surface area contributed by atoms with Gasteiger partial charge in [0.05, 0.1) is 11.8 Å². The Morgan fingerprint density at radius 1 is 1.25 bits per heavy atom. The van der Waals surface area contributed by atoms with Crippen molar-refractivity contribution in [3.05, 3.63) is 23.8 Å². The maximum absolute atomic E-state index is 11.7. The molecule has 6 heteroatoms. The average Bonchev–Trinajstić information content (AvgIpc) is 3.10. The number of fused-ring (bicyclic) bond motifs is 1. The number of ether oxygens (including phenoxy) is 2. The smallest absolute Gasteiger partial charge is 0.307 e. The zero-order valence-electron chi connectivity index (χ0n) is 10.8. The topological polar surface area (TPSA) is 84.9 Å². The third-order valence-corrected chi connectivity index (χ3v) is 3.59. The van der Waals surface area contributed by atoms with Crippen LogP contribution in [0.3, 0.4) is 0 Å². The van der Waals surface area contributed by atoms with E-state index in [9.17, 15) is 9.59 Å². The van der Waals surface area contributed by atoms with Crippen molar-refractivity contribution in [1.29, 1.82) is 0 Å². The Labute approximate surface area is 115 Å². The van der Waals surface area contributed by atoms with Crippen LogP contribution in [0.15, 0.2) is 18.2 Å². The van der Waals surface area contributed by atoms with Gasteiger partial charge in [0.2, 0.25) is 12.7 Å². The molecule has 106 valence electrons. The fraction of sp³-hybridized carbons (Fsp3) is 0.429. The Hall–Kier alpha value is -2.24. The summed E-state index contributed by atoms with van der Waals surface area (Å²) in [5.41, 5.74) is 1.04. The number of nitrogens with one attached hydrogen (secondary N) is 1. The van der Waals surface area contributed by atoms with Crippen LogP contribution in [0.25, 0.3) is 0 Å². The Morgan fingerprint density at radius 3 is 2.80 bits per heavy atom. The molecule has 1 aliphatic heterocycles. The van der Waals surface area contributed by atoms with E-state index in [1.165, 1.54) is 0 Å². The van der Waals surface area contributed by atoms with Gasteiger partial charge in [-0.15, -0.1) is 0 Å². The molecule has 0 radical (unpaired) electrons. The maximum Gasteiger partial charge on any atom is 0.307 e. The number of carbonyl (C=O) groups excluding carboxylic acids is 1. The molecule has 0 unspecified atom stereocenters. The molecule has 2 N–H and O–H groups in total. The zero-order chi connectivity index (χ0) is 14.1. The van der Waals surface area contributed by atoms with Crippen LogP contribution in [0.5, 0.6) is 11.5 Å². The van der Waals surface area contributed by atoms with Crippen LogP contribution in [0.4, 0.5) is 0 Å². The quantitative estimate of drug-likeness (QED) is 0.831. The molecule has 2 atom stereocenters. The molecule has 1 fully saturated rings. The van der Waals surface area contributed by atoms with Crippen molar-refractivity contribution in [1.82, 2.24) is 5.32 Å². The van der Waals surface area contributed by atoms with E-state index in [0.717, 1.165) is 17.1 Å². The third kappa shape index (κ3) is 2.54. The van der Waals surface area contributed by atoms with Gasteiger partial charge in [-0.05, 0) is 30.5 Å². The van der Waals surface area contributed by atoms with Crippen molar-refractivity contribution in [2.75, 3.05) is 13.3 Å². The van der Waals surface area contributed by atoms with Gasteiger partial charge < -0.3 is 19.9 Å². The van der Waals surface area contributed by atoms with E-state index in [0.29, 0.717) is 19.4 Å². The highest BCUT2D eigenvalue weighted by molar-refractivity contribution is 5.89. The van der Waals surface area contributed by atoms with Gasteiger partial charge in [-0.2, -0.15) is 0 Å². The normalized spacial score (nSPS) is 22.4. The van der Waals surface area contributed by atoms with Crippen LogP contribution < -0.4 is 14.8 Å². The van der Waals surface area contributed by atoms with Gasteiger partial charge in [-0.1, -0.05) is 6.07 Å². The number of rotatable bonds is 5. The second kappa shape index (κ2) is 5.03. The molecule has 1 saturated carbocycles. The van der Waals surface area contributed by atoms with Crippen molar-refractivity contribution in [3.8, 4) is 11.5 Å². The number of carbonyl (C=O) groups is 2. The van der Waals surface area contributed by atoms with E-state index in [-0.39, 0.29) is 18.6 Å². The highest BCUT2D eigenvalue weighted by Crippen LogP contribution is 2.38. The zero-order valence-corrected chi connectivity index (χ0v) is 10.8. The molecule has 20 heavy (non-hydrogen) atoms. The van der Waals surface area contributed by atoms with Crippen LogP contribution >= 0.6 is 0 Å². The lowest BCUT2D eigenvalue weighted by atomic mass is 10.1. The van der Waals surface area contributed by atoms with Gasteiger partial charge in [-0.25, -0.2) is 0 Å². The number of carboxylic acid groups (broad SMARTS) is 1. The summed E-state index contributed by atoms with van der Waals surface area (Å²) < 4.78 is 10.5. The van der Waals surface area contributed by atoms with E-state index >= 15 is 0 Å². The van der Waals surface area contributed by atoms with Gasteiger partial charge >= 0.3 is 5.97 Å². The Balaban J connectivity index is 1.46. The summed E-state index contributed by atoms with van der Waals surface area (Å²) in [6, 6.07) is 5.67. The fourth-order valence-corrected chi connectivity index (χ4v) is 2.32. The highest BCUT2D eigenvalue weighted by Gasteiger charge is 2.48. The molecule has 1 heterocycles. The van der Waals surface area contributed by atoms with Crippen molar-refractivity contribution >= 4 is 11.9 Å². The van der Waals surface area contributed by atoms with E-state index in [1.807, 2.05) is 18.2 Å². The third-order valence-electron chi connectivity index (χ3n) is 3.59. The molecule has 0 aromatic heterocycles. The number of benzene rings is 1. The summed E-state index contributed by atoms with van der Waals surface area (Å²) >= 11 is 0. The number of hydrogen-bond acceptors (Lipinski definition) is 4. The van der Waals surface area contributed by atoms with Crippen LogP contribution in [-0.2, 0) is 16.0 Å². The Kier molecular flexibility index (Phi) is 3.22. The molecule has 0 saturated heterocycles. The van der Waals surface area contributed by atoms with Crippen molar-refractivity contribution < 1.29 is 24.2 Å². The monoisotopic (exact) mass is 277 g/mol. The summed E-state index contributed by atoms with van der Waals surface area (Å²) in [7, 11) is 0. The first-order valence-corrected chi connectivity index (χ1v) is 6.54. The maximum atomic E-state index is 11.7. The molecule has 1 amide bonds. The van der Waals surface area contributed by atoms with E-state index in [4.69, 9.17) is 14.6 Å². The molecule has 1 aromatic carbocycles. The second-order valence-corrected chi connectivity index (χ2v) is 5.02. The van der Waals surface area contributed by atoms with Gasteiger partial charge in [0.15, 0.2) is 11.5 Å². The fourth-order valence-electron chi connectivity index (χ4n) is 2.32. The first kappa shape index (κ1) is 12.8. The number of aliphatic carboxylic acids is 1. The lowest BCUT2D eigenvalue weighted by molar-refractivity contribution is -0.140. The highest BCUT2D eigenvalue weighted by atomic mass is 16.7. The van der Waals surface area contributed by atoms with Gasteiger partial charge in [-0.3, -0.25) is 9.59 Å². The molecular formula is C14H15NO5. The molecule has 6 nitrogen and oxygen atoms in total. The SMILES string of the molecule is O=C(O)[C@H]1C[C@@H]1C(=O)NCCc1ccc2c(c1)OCO2. The van der Waals surface area contributed by atoms with Crippen LogP contribution in [0.2, 0.25) is 0 Å². The minimum Gasteiger partial charge on any atom is -0.481 e. The summed E-state index contributed by atoms with van der Waals surface area (Å²) in [5.74, 6) is -0.453. The minimum atomic E-state index is -0.888. The van der Waals surface area contributed by atoms with Crippen molar-refractivity contribution in [2.45, 2.75) is 12.8 Å². The molecule has 3 rings (SSSR count). The minimum absolute atomic E-state index is 0.168. The van der Waals surface area contributed by atoms with E-state index < -0.39 is 11.9 Å². The van der Waals surface area contributed by atoms with Crippen molar-refractivity contribution in [3.63, 3.8) is 0 Å². The summed E-state index contributed by atoms with van der Waals surface area (Å²) in [6.45, 7) is 0.731. The summed E-state index contributed by atoms with van der Waals surface area (Å²) in [6.07, 6.45) is 1.12. The van der Waals surface area contributed by atoms with Crippen LogP contribution in [0.1, 0.15) is 12.0 Å². The summed E-state index contributed by atoms with van der Waals surface area (Å²) in [4.78, 5) is 22.4. The average molecular weight is 277 g/mol. The lowest BCUT2D eigenvalue weighted by Crippen LogP contribution is -2.28. The molecular weight excluding hydrogens is 262 g/mol. The first-order valence-electron chi connectivity index (χ1n) is 6.54. The van der Waals surface area contributed by atoms with Crippen LogP contribution in [-0.4, -0.2) is 30.3 Å². The number of hydrogen-bond donors (Lipinski definition) is 2. The predicted molar refractivity (Wildman–Crippen MR) is 68.5 cm³/mol. The van der Waals surface area contributed by atoms with Gasteiger partial charge in [0.25, 0.3) is 0 Å². The molecule has 2 aliphatic rings. The second-order valence-electron chi connectivity index (χ2n) is 5.02. The molecule has 0 spiro atoms. The summed E-state index contributed by atoms with van der Waals surface area (Å²) in [5, 5.41) is 11.5. The molecule has 0 bridgehead atoms. The lowest BCUT2D eigenvalue weighted by Gasteiger charge is -2.05. The first-order chi connectivity index (χ1) is 9.65. The Morgan fingerprint density at radius 2 is 2.05 bits per heavy atom. The van der Waals surface area contributed by atoms with E-state index in [1.54, 1.807) is 0 Å².